The summed E-state index contributed by atoms with van der Waals surface area (Å²) in [6.07, 6.45) is 2.27. The Kier molecular flexibility index (Phi) is 5.32. The van der Waals surface area contributed by atoms with Gasteiger partial charge in [-0.2, -0.15) is 0 Å². The summed E-state index contributed by atoms with van der Waals surface area (Å²) in [5, 5.41) is 8.65. The largest absolute Gasteiger partial charge is 0.488 e. The number of hydrogen-bond donors (Lipinski definition) is 1. The van der Waals surface area contributed by atoms with Gasteiger partial charge in [0.25, 0.3) is 0 Å². The van der Waals surface area contributed by atoms with E-state index in [-0.39, 0.29) is 0 Å². The number of hydrogen-bond acceptors (Lipinski definition) is 2. The van der Waals surface area contributed by atoms with Crippen LogP contribution in [0.25, 0.3) is 6.08 Å². The van der Waals surface area contributed by atoms with E-state index in [1.807, 2.05) is 24.3 Å². The van der Waals surface area contributed by atoms with Crippen molar-refractivity contribution in [2.75, 3.05) is 0 Å². The van der Waals surface area contributed by atoms with E-state index in [9.17, 15) is 9.18 Å². The van der Waals surface area contributed by atoms with Crippen molar-refractivity contribution in [3.8, 4) is 5.75 Å². The highest BCUT2D eigenvalue weighted by molar-refractivity contribution is 14.1. The lowest BCUT2D eigenvalue weighted by molar-refractivity contribution is -0.131. The van der Waals surface area contributed by atoms with Crippen LogP contribution in [0.3, 0.4) is 0 Å². The van der Waals surface area contributed by atoms with Gasteiger partial charge in [-0.25, -0.2) is 9.18 Å². The smallest absolute Gasteiger partial charge is 0.328 e. The number of rotatable bonds is 5. The predicted molar refractivity (Wildman–Crippen MR) is 86.6 cm³/mol. The first kappa shape index (κ1) is 15.5. The molecular formula is C16H12FIO3. The van der Waals surface area contributed by atoms with Crippen LogP contribution < -0.4 is 4.74 Å². The topological polar surface area (TPSA) is 46.5 Å². The molecule has 108 valence electrons. The summed E-state index contributed by atoms with van der Waals surface area (Å²) in [7, 11) is 0. The molecule has 1 N–H and O–H groups in total. The van der Waals surface area contributed by atoms with Gasteiger partial charge < -0.3 is 9.84 Å². The Balaban J connectivity index is 2.15. The second kappa shape index (κ2) is 7.21. The predicted octanol–water partition coefficient (Wildman–Crippen LogP) is 4.11. The van der Waals surface area contributed by atoms with Crippen LogP contribution in [0.1, 0.15) is 11.1 Å². The minimum absolute atomic E-state index is 0.330. The highest BCUT2D eigenvalue weighted by Crippen LogP contribution is 2.22. The first-order valence-corrected chi connectivity index (χ1v) is 7.20. The molecule has 0 aromatic heterocycles. The number of halogens is 2. The van der Waals surface area contributed by atoms with Crippen molar-refractivity contribution in [3.63, 3.8) is 0 Å². The highest BCUT2D eigenvalue weighted by atomic mass is 127. The molecule has 2 rings (SSSR count). The lowest BCUT2D eigenvalue weighted by Crippen LogP contribution is -1.98. The SMILES string of the molecule is O=C(O)/C=C/c1cc(F)ccc1OCc1ccc(I)cc1. The van der Waals surface area contributed by atoms with E-state index >= 15 is 0 Å². The van der Waals surface area contributed by atoms with Crippen molar-refractivity contribution in [1.29, 1.82) is 0 Å². The minimum atomic E-state index is -1.09. The molecule has 0 unspecified atom stereocenters. The van der Waals surface area contributed by atoms with Crippen LogP contribution in [0, 0.1) is 9.39 Å². The molecule has 0 saturated heterocycles. The number of aliphatic carboxylic acids is 1. The van der Waals surface area contributed by atoms with Gasteiger partial charge >= 0.3 is 5.97 Å². The van der Waals surface area contributed by atoms with Crippen LogP contribution in [0.2, 0.25) is 0 Å². The van der Waals surface area contributed by atoms with Crippen molar-refractivity contribution in [2.24, 2.45) is 0 Å². The summed E-state index contributed by atoms with van der Waals surface area (Å²) in [6.45, 7) is 0.330. The average molecular weight is 398 g/mol. The molecule has 5 heteroatoms. The monoisotopic (exact) mass is 398 g/mol. The van der Waals surface area contributed by atoms with E-state index in [4.69, 9.17) is 9.84 Å². The van der Waals surface area contributed by atoms with Gasteiger partial charge in [0.2, 0.25) is 0 Å². The fourth-order valence-electron chi connectivity index (χ4n) is 1.68. The van der Waals surface area contributed by atoms with Crippen molar-refractivity contribution < 1.29 is 19.0 Å². The van der Waals surface area contributed by atoms with Gasteiger partial charge in [0.05, 0.1) is 0 Å². The van der Waals surface area contributed by atoms with Gasteiger partial charge in [-0.1, -0.05) is 12.1 Å². The highest BCUT2D eigenvalue weighted by Gasteiger charge is 2.04. The molecular weight excluding hydrogens is 386 g/mol. The molecule has 0 saturated carbocycles. The van der Waals surface area contributed by atoms with Crippen LogP contribution in [-0.4, -0.2) is 11.1 Å². The van der Waals surface area contributed by atoms with E-state index in [2.05, 4.69) is 22.6 Å². The first-order valence-electron chi connectivity index (χ1n) is 6.12. The number of carboxylic acid groups (broad SMARTS) is 1. The second-order valence-electron chi connectivity index (χ2n) is 4.27. The molecule has 2 aromatic carbocycles. The lowest BCUT2D eigenvalue weighted by atomic mass is 10.1. The zero-order valence-corrected chi connectivity index (χ0v) is 13.1. The Morgan fingerprint density at radius 2 is 1.95 bits per heavy atom. The van der Waals surface area contributed by atoms with Gasteiger partial charge in [-0.3, -0.25) is 0 Å². The maximum Gasteiger partial charge on any atom is 0.328 e. The van der Waals surface area contributed by atoms with Crippen molar-refractivity contribution >= 4 is 34.6 Å². The summed E-state index contributed by atoms with van der Waals surface area (Å²) >= 11 is 2.22. The molecule has 0 amide bonds. The summed E-state index contributed by atoms with van der Waals surface area (Å²) in [6, 6.07) is 11.8. The van der Waals surface area contributed by atoms with E-state index in [0.717, 1.165) is 15.2 Å². The zero-order valence-electron chi connectivity index (χ0n) is 10.9. The molecule has 2 aromatic rings. The quantitative estimate of drug-likeness (QED) is 0.609. The molecule has 0 aliphatic rings. The molecule has 0 fully saturated rings. The third-order valence-electron chi connectivity index (χ3n) is 2.68. The summed E-state index contributed by atoms with van der Waals surface area (Å²) in [5.74, 6) is -1.10. The Morgan fingerprint density at radius 3 is 2.62 bits per heavy atom. The van der Waals surface area contributed by atoms with E-state index in [1.54, 1.807) is 0 Å². The Labute approximate surface area is 135 Å². The molecule has 3 nitrogen and oxygen atoms in total. The van der Waals surface area contributed by atoms with E-state index in [1.165, 1.54) is 24.3 Å². The maximum atomic E-state index is 13.2. The van der Waals surface area contributed by atoms with Gasteiger partial charge in [-0.05, 0) is 64.6 Å². The van der Waals surface area contributed by atoms with Gasteiger partial charge in [-0.15, -0.1) is 0 Å². The van der Waals surface area contributed by atoms with E-state index < -0.39 is 11.8 Å². The fourth-order valence-corrected chi connectivity index (χ4v) is 2.04. The van der Waals surface area contributed by atoms with Crippen LogP contribution in [0.5, 0.6) is 5.75 Å². The lowest BCUT2D eigenvalue weighted by Gasteiger charge is -2.09. The number of ether oxygens (including phenoxy) is 1. The second-order valence-corrected chi connectivity index (χ2v) is 5.51. The minimum Gasteiger partial charge on any atom is -0.488 e. The molecule has 0 radical (unpaired) electrons. The Hall–Kier alpha value is -1.89. The Morgan fingerprint density at radius 1 is 1.24 bits per heavy atom. The summed E-state index contributed by atoms with van der Waals surface area (Å²) < 4.78 is 20.0. The molecule has 0 spiro atoms. The number of carbonyl (C=O) groups is 1. The van der Waals surface area contributed by atoms with Gasteiger partial charge in [0, 0.05) is 15.2 Å². The molecule has 0 atom stereocenters. The summed E-state index contributed by atoms with van der Waals surface area (Å²) in [5.41, 5.74) is 1.37. The molecule has 0 aliphatic carbocycles. The maximum absolute atomic E-state index is 13.2. The average Bonchev–Trinajstić information content (AvgIpc) is 2.45. The van der Waals surface area contributed by atoms with E-state index in [0.29, 0.717) is 17.9 Å². The number of benzene rings is 2. The van der Waals surface area contributed by atoms with Crippen molar-refractivity contribution in [2.45, 2.75) is 6.61 Å². The van der Waals surface area contributed by atoms with Crippen molar-refractivity contribution in [1.82, 2.24) is 0 Å². The third kappa shape index (κ3) is 4.86. The van der Waals surface area contributed by atoms with Crippen LogP contribution >= 0.6 is 22.6 Å². The molecule has 21 heavy (non-hydrogen) atoms. The third-order valence-corrected chi connectivity index (χ3v) is 3.40. The van der Waals surface area contributed by atoms with Crippen LogP contribution in [0.4, 0.5) is 4.39 Å². The Bertz CT molecular complexity index is 666. The van der Waals surface area contributed by atoms with Crippen LogP contribution in [0.15, 0.2) is 48.5 Å². The summed E-state index contributed by atoms with van der Waals surface area (Å²) in [4.78, 5) is 10.6. The molecule has 0 bridgehead atoms. The standard InChI is InChI=1S/C16H12FIO3/c17-13-4-7-15(12(9-13)3-8-16(19)20)21-10-11-1-5-14(18)6-2-11/h1-9H,10H2,(H,19,20)/b8-3+. The first-order chi connectivity index (χ1) is 10.0. The van der Waals surface area contributed by atoms with Gasteiger partial charge in [0.15, 0.2) is 0 Å². The van der Waals surface area contributed by atoms with Crippen LogP contribution in [-0.2, 0) is 11.4 Å². The normalized spacial score (nSPS) is 10.8. The van der Waals surface area contributed by atoms with Gasteiger partial charge in [0.1, 0.15) is 18.2 Å². The molecule has 0 aliphatic heterocycles. The molecule has 0 heterocycles. The van der Waals surface area contributed by atoms with Crippen molar-refractivity contribution in [3.05, 3.63) is 69.1 Å². The fraction of sp³-hybridized carbons (Fsp3) is 0.0625. The zero-order chi connectivity index (χ0) is 15.2. The number of carboxylic acids is 1.